The standard InChI is InChI=1S/C27H24O/c1-21-7-17-27(18-8-21)28-20-24-11-9-22(10-12-24)19-23-13-15-26(16-14-23)25-5-3-2-4-6-25/h2-18H,19-20H2,1H3. The lowest BCUT2D eigenvalue weighted by molar-refractivity contribution is 0.306. The van der Waals surface area contributed by atoms with E-state index in [-0.39, 0.29) is 0 Å². The Kier molecular flexibility index (Phi) is 5.53. The fourth-order valence-electron chi connectivity index (χ4n) is 3.24. The third-order valence-electron chi connectivity index (χ3n) is 4.92. The Balaban J connectivity index is 1.35. The number of hydrogen-bond acceptors (Lipinski definition) is 1. The van der Waals surface area contributed by atoms with E-state index in [1.165, 1.54) is 33.4 Å². The summed E-state index contributed by atoms with van der Waals surface area (Å²) in [5.74, 6) is 0.910. The van der Waals surface area contributed by atoms with Crippen molar-refractivity contribution in [1.82, 2.24) is 0 Å². The molecule has 0 saturated carbocycles. The Labute approximate surface area is 167 Å². The summed E-state index contributed by atoms with van der Waals surface area (Å²) < 4.78 is 5.86. The third kappa shape index (κ3) is 4.69. The molecule has 0 bridgehead atoms. The number of aryl methyl sites for hydroxylation is 1. The molecule has 28 heavy (non-hydrogen) atoms. The molecule has 1 nitrogen and oxygen atoms in total. The first-order valence-electron chi connectivity index (χ1n) is 9.68. The fraction of sp³-hybridized carbons (Fsp3) is 0.111. The van der Waals surface area contributed by atoms with Crippen molar-refractivity contribution in [3.8, 4) is 16.9 Å². The molecule has 4 aromatic rings. The minimum Gasteiger partial charge on any atom is -0.489 e. The van der Waals surface area contributed by atoms with Gasteiger partial charge < -0.3 is 4.74 Å². The average molecular weight is 364 g/mol. The van der Waals surface area contributed by atoms with Crippen LogP contribution in [0, 0.1) is 6.92 Å². The molecule has 0 heterocycles. The Morgan fingerprint density at radius 3 is 1.71 bits per heavy atom. The van der Waals surface area contributed by atoms with E-state index in [1.807, 2.05) is 18.2 Å². The molecule has 0 radical (unpaired) electrons. The zero-order valence-corrected chi connectivity index (χ0v) is 16.1. The highest BCUT2D eigenvalue weighted by molar-refractivity contribution is 5.63. The van der Waals surface area contributed by atoms with Gasteiger partial charge in [0.05, 0.1) is 0 Å². The van der Waals surface area contributed by atoms with Gasteiger partial charge in [-0.15, -0.1) is 0 Å². The van der Waals surface area contributed by atoms with Crippen molar-refractivity contribution >= 4 is 0 Å². The molecule has 0 aromatic heterocycles. The van der Waals surface area contributed by atoms with Gasteiger partial charge in [0.25, 0.3) is 0 Å². The summed E-state index contributed by atoms with van der Waals surface area (Å²) in [6, 6.07) is 36.2. The topological polar surface area (TPSA) is 9.23 Å². The van der Waals surface area contributed by atoms with Gasteiger partial charge in [-0.05, 0) is 53.3 Å². The van der Waals surface area contributed by atoms with Crippen molar-refractivity contribution in [3.05, 3.63) is 125 Å². The van der Waals surface area contributed by atoms with Crippen LogP contribution in [0.15, 0.2) is 103 Å². The Morgan fingerprint density at radius 2 is 1.07 bits per heavy atom. The summed E-state index contributed by atoms with van der Waals surface area (Å²) in [6.07, 6.45) is 0.939. The first-order valence-corrected chi connectivity index (χ1v) is 9.68. The van der Waals surface area contributed by atoms with Crippen molar-refractivity contribution in [1.29, 1.82) is 0 Å². The van der Waals surface area contributed by atoms with Crippen LogP contribution < -0.4 is 4.74 Å². The molecule has 4 aromatic carbocycles. The highest BCUT2D eigenvalue weighted by Gasteiger charge is 2.01. The smallest absolute Gasteiger partial charge is 0.119 e. The van der Waals surface area contributed by atoms with E-state index in [9.17, 15) is 0 Å². The molecule has 1 heteroatoms. The second-order valence-corrected chi connectivity index (χ2v) is 7.16. The Morgan fingerprint density at radius 1 is 0.536 bits per heavy atom. The number of rotatable bonds is 6. The molecular weight excluding hydrogens is 340 g/mol. The van der Waals surface area contributed by atoms with Crippen LogP contribution in [0.5, 0.6) is 5.75 Å². The monoisotopic (exact) mass is 364 g/mol. The maximum absolute atomic E-state index is 5.86. The summed E-state index contributed by atoms with van der Waals surface area (Å²) in [5.41, 5.74) is 7.58. The molecule has 0 aliphatic carbocycles. The lowest BCUT2D eigenvalue weighted by Gasteiger charge is -2.08. The second kappa shape index (κ2) is 8.58. The summed E-state index contributed by atoms with van der Waals surface area (Å²) in [4.78, 5) is 0. The lowest BCUT2D eigenvalue weighted by atomic mass is 10.00. The van der Waals surface area contributed by atoms with Crippen LogP contribution in [-0.2, 0) is 13.0 Å². The Bertz CT molecular complexity index is 999. The Hall–Kier alpha value is -3.32. The molecule has 0 N–H and O–H groups in total. The van der Waals surface area contributed by atoms with E-state index < -0.39 is 0 Å². The van der Waals surface area contributed by atoms with Crippen LogP contribution in [0.2, 0.25) is 0 Å². The van der Waals surface area contributed by atoms with Crippen LogP contribution in [0.3, 0.4) is 0 Å². The van der Waals surface area contributed by atoms with Crippen LogP contribution in [0.4, 0.5) is 0 Å². The molecule has 0 unspecified atom stereocenters. The molecule has 0 fully saturated rings. The number of ether oxygens (including phenoxy) is 1. The van der Waals surface area contributed by atoms with Gasteiger partial charge in [0, 0.05) is 0 Å². The van der Waals surface area contributed by atoms with Gasteiger partial charge in [-0.3, -0.25) is 0 Å². The maximum Gasteiger partial charge on any atom is 0.119 e. The van der Waals surface area contributed by atoms with Gasteiger partial charge in [0.1, 0.15) is 12.4 Å². The van der Waals surface area contributed by atoms with Crippen LogP contribution in [0.25, 0.3) is 11.1 Å². The van der Waals surface area contributed by atoms with Gasteiger partial charge >= 0.3 is 0 Å². The molecule has 0 aliphatic rings. The van der Waals surface area contributed by atoms with Gasteiger partial charge in [-0.2, -0.15) is 0 Å². The van der Waals surface area contributed by atoms with Gasteiger partial charge in [-0.25, -0.2) is 0 Å². The van der Waals surface area contributed by atoms with Crippen LogP contribution in [0.1, 0.15) is 22.3 Å². The number of benzene rings is 4. The van der Waals surface area contributed by atoms with Crippen LogP contribution in [-0.4, -0.2) is 0 Å². The molecule has 4 rings (SSSR count). The van der Waals surface area contributed by atoms with Crippen molar-refractivity contribution < 1.29 is 4.74 Å². The molecule has 0 saturated heterocycles. The molecule has 138 valence electrons. The molecular formula is C27H24O. The van der Waals surface area contributed by atoms with Crippen LogP contribution >= 0.6 is 0 Å². The average Bonchev–Trinajstić information content (AvgIpc) is 2.76. The van der Waals surface area contributed by atoms with E-state index in [4.69, 9.17) is 4.74 Å². The zero-order valence-electron chi connectivity index (χ0n) is 16.1. The van der Waals surface area contributed by atoms with Crippen molar-refractivity contribution in [2.24, 2.45) is 0 Å². The van der Waals surface area contributed by atoms with Gasteiger partial charge in [-0.1, -0.05) is 96.6 Å². The van der Waals surface area contributed by atoms with Gasteiger partial charge in [0.2, 0.25) is 0 Å². The SMILES string of the molecule is Cc1ccc(OCc2ccc(Cc3ccc(-c4ccccc4)cc3)cc2)cc1. The van der Waals surface area contributed by atoms with Crippen molar-refractivity contribution in [2.75, 3.05) is 0 Å². The molecule has 0 atom stereocenters. The van der Waals surface area contributed by atoms with E-state index in [0.29, 0.717) is 6.61 Å². The highest BCUT2D eigenvalue weighted by Crippen LogP contribution is 2.21. The lowest BCUT2D eigenvalue weighted by Crippen LogP contribution is -1.96. The predicted molar refractivity (Wildman–Crippen MR) is 117 cm³/mol. The largest absolute Gasteiger partial charge is 0.489 e. The zero-order chi connectivity index (χ0) is 19.2. The summed E-state index contributed by atoms with van der Waals surface area (Å²) in [7, 11) is 0. The highest BCUT2D eigenvalue weighted by atomic mass is 16.5. The quantitative estimate of drug-likeness (QED) is 0.364. The van der Waals surface area contributed by atoms with E-state index in [0.717, 1.165) is 12.2 Å². The predicted octanol–water partition coefficient (Wildman–Crippen LogP) is 6.83. The molecule has 0 amide bonds. The minimum atomic E-state index is 0.592. The maximum atomic E-state index is 5.86. The van der Waals surface area contributed by atoms with Gasteiger partial charge in [0.15, 0.2) is 0 Å². The molecule has 0 spiro atoms. The second-order valence-electron chi connectivity index (χ2n) is 7.16. The fourth-order valence-corrected chi connectivity index (χ4v) is 3.24. The minimum absolute atomic E-state index is 0.592. The first kappa shape index (κ1) is 18.1. The molecule has 0 aliphatic heterocycles. The summed E-state index contributed by atoms with van der Waals surface area (Å²) in [5, 5.41) is 0. The normalized spacial score (nSPS) is 10.6. The van der Waals surface area contributed by atoms with E-state index in [1.54, 1.807) is 0 Å². The summed E-state index contributed by atoms with van der Waals surface area (Å²) >= 11 is 0. The van der Waals surface area contributed by atoms with Crippen molar-refractivity contribution in [3.63, 3.8) is 0 Å². The number of hydrogen-bond donors (Lipinski definition) is 0. The third-order valence-corrected chi connectivity index (χ3v) is 4.92. The van der Waals surface area contributed by atoms with E-state index in [2.05, 4.69) is 91.9 Å². The van der Waals surface area contributed by atoms with Crippen molar-refractivity contribution in [2.45, 2.75) is 20.0 Å². The summed E-state index contributed by atoms with van der Waals surface area (Å²) in [6.45, 7) is 2.67. The first-order chi connectivity index (χ1) is 13.8. The van der Waals surface area contributed by atoms with E-state index >= 15 is 0 Å².